The normalized spacial score (nSPS) is 13.3. The molecule has 0 radical (unpaired) electrons. The summed E-state index contributed by atoms with van der Waals surface area (Å²) in [5.74, 6) is -0.358. The number of phenolic OH excluding ortho intramolecular Hbond substituents is 1. The van der Waals surface area contributed by atoms with Gasteiger partial charge in [-0.05, 0) is 42.3 Å². The molecule has 5 heteroatoms. The molecule has 1 amide bonds. The number of halogens is 1. The van der Waals surface area contributed by atoms with Crippen LogP contribution in [-0.4, -0.2) is 17.6 Å². The molecule has 102 valence electrons. The Balaban J connectivity index is 1.99. The predicted octanol–water partition coefficient (Wildman–Crippen LogP) is 2.83. The van der Waals surface area contributed by atoms with E-state index in [1.54, 1.807) is 17.0 Å². The summed E-state index contributed by atoms with van der Waals surface area (Å²) < 4.78 is 0. The van der Waals surface area contributed by atoms with Crippen LogP contribution < -0.4 is 10.6 Å². The molecule has 0 unspecified atom stereocenters. The molecule has 0 saturated heterocycles. The van der Waals surface area contributed by atoms with Gasteiger partial charge in [0.15, 0.2) is 0 Å². The predicted molar refractivity (Wildman–Crippen MR) is 79.4 cm³/mol. The van der Waals surface area contributed by atoms with Crippen molar-refractivity contribution in [1.82, 2.24) is 0 Å². The number of hydrogen-bond donors (Lipinski definition) is 2. The Labute approximate surface area is 121 Å². The minimum atomic E-state index is -0.247. The molecular weight excluding hydrogens is 276 g/mol. The molecule has 1 heterocycles. The van der Waals surface area contributed by atoms with Crippen molar-refractivity contribution in [2.75, 3.05) is 17.2 Å². The van der Waals surface area contributed by atoms with Crippen molar-refractivity contribution in [2.45, 2.75) is 6.42 Å². The lowest BCUT2D eigenvalue weighted by Crippen LogP contribution is -2.28. The number of carbonyl (C=O) groups is 1. The highest BCUT2D eigenvalue weighted by molar-refractivity contribution is 6.31. The fourth-order valence-electron chi connectivity index (χ4n) is 2.44. The van der Waals surface area contributed by atoms with E-state index < -0.39 is 0 Å². The molecule has 0 bridgehead atoms. The molecular formula is C15H13ClN2O2. The molecule has 0 aliphatic carbocycles. The molecule has 4 nitrogen and oxygen atoms in total. The average Bonchev–Trinajstić information content (AvgIpc) is 2.81. The van der Waals surface area contributed by atoms with E-state index in [-0.39, 0.29) is 17.2 Å². The molecule has 0 spiro atoms. The molecule has 0 fully saturated rings. The average molecular weight is 289 g/mol. The van der Waals surface area contributed by atoms with Gasteiger partial charge in [-0.2, -0.15) is 0 Å². The first-order chi connectivity index (χ1) is 9.56. The quantitative estimate of drug-likeness (QED) is 0.793. The number of carbonyl (C=O) groups excluding carboxylic acids is 1. The number of nitrogen functional groups attached to an aromatic ring is 1. The molecule has 3 rings (SSSR count). The number of nitrogens with two attached hydrogens (primary N) is 1. The highest BCUT2D eigenvalue weighted by atomic mass is 35.5. The van der Waals surface area contributed by atoms with Crippen LogP contribution in [0.5, 0.6) is 5.75 Å². The van der Waals surface area contributed by atoms with Gasteiger partial charge in [0.2, 0.25) is 0 Å². The number of rotatable bonds is 1. The summed E-state index contributed by atoms with van der Waals surface area (Å²) in [7, 11) is 0. The third-order valence-corrected chi connectivity index (χ3v) is 3.68. The van der Waals surface area contributed by atoms with Crippen LogP contribution in [0.15, 0.2) is 36.4 Å². The standard InChI is InChI=1S/C15H13ClN2O2/c16-10-2-4-12(14(19)7-10)15(20)18-6-5-9-1-3-11(17)8-13(9)18/h1-4,7-8,19H,5-6,17H2. The molecule has 0 atom stereocenters. The van der Waals surface area contributed by atoms with Crippen molar-refractivity contribution in [1.29, 1.82) is 0 Å². The third kappa shape index (κ3) is 2.08. The summed E-state index contributed by atoms with van der Waals surface area (Å²) in [6, 6.07) is 10.0. The van der Waals surface area contributed by atoms with Crippen LogP contribution in [0.1, 0.15) is 15.9 Å². The first-order valence-corrected chi connectivity index (χ1v) is 6.63. The van der Waals surface area contributed by atoms with Crippen LogP contribution in [0.25, 0.3) is 0 Å². The smallest absolute Gasteiger partial charge is 0.262 e. The van der Waals surface area contributed by atoms with Gasteiger partial charge >= 0.3 is 0 Å². The fourth-order valence-corrected chi connectivity index (χ4v) is 2.60. The number of phenols is 1. The van der Waals surface area contributed by atoms with Gasteiger partial charge in [-0.25, -0.2) is 0 Å². The fraction of sp³-hybridized carbons (Fsp3) is 0.133. The van der Waals surface area contributed by atoms with Gasteiger partial charge in [-0.3, -0.25) is 4.79 Å². The van der Waals surface area contributed by atoms with E-state index in [0.717, 1.165) is 17.7 Å². The lowest BCUT2D eigenvalue weighted by molar-refractivity contribution is 0.0987. The summed E-state index contributed by atoms with van der Waals surface area (Å²) in [5.41, 5.74) is 8.53. The van der Waals surface area contributed by atoms with Crippen molar-refractivity contribution in [2.24, 2.45) is 0 Å². The van der Waals surface area contributed by atoms with Crippen LogP contribution in [0.3, 0.4) is 0 Å². The first-order valence-electron chi connectivity index (χ1n) is 6.25. The maximum Gasteiger partial charge on any atom is 0.262 e. The van der Waals surface area contributed by atoms with E-state index in [2.05, 4.69) is 0 Å². The summed E-state index contributed by atoms with van der Waals surface area (Å²) in [5, 5.41) is 10.3. The van der Waals surface area contributed by atoms with Gasteiger partial charge in [-0.15, -0.1) is 0 Å². The van der Waals surface area contributed by atoms with E-state index in [0.29, 0.717) is 17.3 Å². The van der Waals surface area contributed by atoms with Crippen LogP contribution >= 0.6 is 11.6 Å². The highest BCUT2D eigenvalue weighted by Gasteiger charge is 2.27. The van der Waals surface area contributed by atoms with E-state index in [1.165, 1.54) is 12.1 Å². The molecule has 2 aromatic carbocycles. The maximum absolute atomic E-state index is 12.5. The third-order valence-electron chi connectivity index (χ3n) is 3.44. The summed E-state index contributed by atoms with van der Waals surface area (Å²) >= 11 is 5.78. The van der Waals surface area contributed by atoms with Crippen molar-refractivity contribution < 1.29 is 9.90 Å². The Morgan fingerprint density at radius 3 is 2.80 bits per heavy atom. The van der Waals surface area contributed by atoms with Crippen molar-refractivity contribution in [3.63, 3.8) is 0 Å². The van der Waals surface area contributed by atoms with E-state index in [1.807, 2.05) is 12.1 Å². The molecule has 2 aromatic rings. The summed E-state index contributed by atoms with van der Waals surface area (Å²) in [6.45, 7) is 0.583. The van der Waals surface area contributed by atoms with E-state index >= 15 is 0 Å². The number of amides is 1. The summed E-state index contributed by atoms with van der Waals surface area (Å²) in [4.78, 5) is 14.2. The molecule has 0 saturated carbocycles. The second-order valence-electron chi connectivity index (χ2n) is 4.76. The number of fused-ring (bicyclic) bond motifs is 1. The van der Waals surface area contributed by atoms with Gasteiger partial charge in [-0.1, -0.05) is 17.7 Å². The number of aromatic hydroxyl groups is 1. The minimum Gasteiger partial charge on any atom is -0.507 e. The van der Waals surface area contributed by atoms with Crippen molar-refractivity contribution in [3.05, 3.63) is 52.5 Å². The minimum absolute atomic E-state index is 0.111. The summed E-state index contributed by atoms with van der Waals surface area (Å²) in [6.07, 6.45) is 0.787. The zero-order chi connectivity index (χ0) is 14.3. The second kappa shape index (κ2) is 4.72. The van der Waals surface area contributed by atoms with E-state index in [9.17, 15) is 9.90 Å². The van der Waals surface area contributed by atoms with Gasteiger partial charge in [0.25, 0.3) is 5.91 Å². The van der Waals surface area contributed by atoms with Gasteiger partial charge in [0.05, 0.1) is 5.56 Å². The molecule has 3 N–H and O–H groups in total. The Morgan fingerprint density at radius 2 is 2.05 bits per heavy atom. The molecule has 20 heavy (non-hydrogen) atoms. The Kier molecular flexibility index (Phi) is 3.03. The number of benzene rings is 2. The topological polar surface area (TPSA) is 66.6 Å². The van der Waals surface area contributed by atoms with Gasteiger partial charge in [0, 0.05) is 22.9 Å². The Hall–Kier alpha value is -2.20. The van der Waals surface area contributed by atoms with Crippen LogP contribution in [0.4, 0.5) is 11.4 Å². The van der Waals surface area contributed by atoms with Gasteiger partial charge < -0.3 is 15.7 Å². The number of anilines is 2. The second-order valence-corrected chi connectivity index (χ2v) is 5.19. The maximum atomic E-state index is 12.5. The molecule has 1 aliphatic heterocycles. The Morgan fingerprint density at radius 1 is 1.25 bits per heavy atom. The highest BCUT2D eigenvalue weighted by Crippen LogP contribution is 2.33. The lowest BCUT2D eigenvalue weighted by atomic mass is 10.1. The monoisotopic (exact) mass is 288 g/mol. The SMILES string of the molecule is Nc1ccc2c(c1)N(C(=O)c1ccc(Cl)cc1O)CC2. The van der Waals surface area contributed by atoms with Crippen LogP contribution in [0, 0.1) is 0 Å². The number of hydrogen-bond acceptors (Lipinski definition) is 3. The molecule has 1 aliphatic rings. The molecule has 0 aromatic heterocycles. The van der Waals surface area contributed by atoms with E-state index in [4.69, 9.17) is 17.3 Å². The zero-order valence-corrected chi connectivity index (χ0v) is 11.4. The number of nitrogens with zero attached hydrogens (tertiary/aromatic N) is 1. The van der Waals surface area contributed by atoms with Crippen LogP contribution in [-0.2, 0) is 6.42 Å². The van der Waals surface area contributed by atoms with Crippen molar-refractivity contribution in [3.8, 4) is 5.75 Å². The van der Waals surface area contributed by atoms with Crippen molar-refractivity contribution >= 4 is 28.9 Å². The van der Waals surface area contributed by atoms with Gasteiger partial charge in [0.1, 0.15) is 5.75 Å². The largest absolute Gasteiger partial charge is 0.507 e. The van der Waals surface area contributed by atoms with Crippen LogP contribution in [0.2, 0.25) is 5.02 Å². The first kappa shape index (κ1) is 12.8. The zero-order valence-electron chi connectivity index (χ0n) is 10.6. The lowest BCUT2D eigenvalue weighted by Gasteiger charge is -2.18. The Bertz CT molecular complexity index is 700.